The Kier molecular flexibility index (Phi) is 6.06. The van der Waals surface area contributed by atoms with Gasteiger partial charge < -0.3 is 14.2 Å². The molecule has 1 aromatic heterocycles. The first-order chi connectivity index (χ1) is 10.2. The Hall–Kier alpha value is -1.07. The van der Waals surface area contributed by atoms with Gasteiger partial charge in [0, 0.05) is 18.6 Å². The molecule has 1 heterocycles. The fourth-order valence-corrected chi connectivity index (χ4v) is 2.27. The minimum absolute atomic E-state index is 0.231. The van der Waals surface area contributed by atoms with Gasteiger partial charge in [-0.1, -0.05) is 29.3 Å². The molecule has 0 N–H and O–H groups in total. The van der Waals surface area contributed by atoms with Crippen LogP contribution in [0.25, 0.3) is 10.9 Å². The molecule has 0 aliphatic rings. The molecule has 1 aromatic carbocycles. The van der Waals surface area contributed by atoms with Crippen LogP contribution in [-0.4, -0.2) is 31.1 Å². The number of nitrogens with zero attached hydrogens (tertiary/aromatic N) is 1. The lowest BCUT2D eigenvalue weighted by Crippen LogP contribution is -2.25. The Labute approximate surface area is 133 Å². The molecule has 0 aliphatic carbocycles. The second-order valence-electron chi connectivity index (χ2n) is 4.23. The molecule has 114 valence electrons. The highest BCUT2D eigenvalue weighted by molar-refractivity contribution is 6.33. The average Bonchev–Trinajstić information content (AvgIpc) is 2.46. The molecule has 0 unspecified atom stereocenters. The number of aromatic nitrogens is 1. The summed E-state index contributed by atoms with van der Waals surface area (Å²) in [7, 11) is 0. The molecular weight excluding hydrogens is 313 g/mol. The van der Waals surface area contributed by atoms with E-state index in [0.717, 1.165) is 5.39 Å². The van der Waals surface area contributed by atoms with Crippen molar-refractivity contribution >= 4 is 34.1 Å². The molecule has 0 fully saturated rings. The zero-order chi connectivity index (χ0) is 15.2. The summed E-state index contributed by atoms with van der Waals surface area (Å²) in [6.45, 7) is 5.12. The van der Waals surface area contributed by atoms with Crippen LogP contribution >= 0.6 is 23.2 Å². The number of benzene rings is 1. The van der Waals surface area contributed by atoms with Gasteiger partial charge in [0.05, 0.1) is 5.02 Å². The monoisotopic (exact) mass is 329 g/mol. The van der Waals surface area contributed by atoms with Crippen LogP contribution in [0.5, 0.6) is 5.75 Å². The molecule has 0 amide bonds. The van der Waals surface area contributed by atoms with E-state index in [9.17, 15) is 0 Å². The highest BCUT2D eigenvalue weighted by Crippen LogP contribution is 2.33. The van der Waals surface area contributed by atoms with E-state index in [2.05, 4.69) is 4.98 Å². The van der Waals surface area contributed by atoms with Crippen molar-refractivity contribution in [2.45, 2.75) is 20.1 Å². The fourth-order valence-electron chi connectivity index (χ4n) is 1.92. The molecule has 4 nitrogen and oxygen atoms in total. The number of halogens is 2. The SMILES string of the molecule is CCOC(COc1c(Cl)ccc2ccc(Cl)nc12)OCC. The quantitative estimate of drug-likeness (QED) is 0.560. The van der Waals surface area contributed by atoms with Gasteiger partial charge in [0.15, 0.2) is 12.0 Å². The normalized spacial score (nSPS) is 11.3. The lowest BCUT2D eigenvalue weighted by Gasteiger charge is -2.18. The van der Waals surface area contributed by atoms with Gasteiger partial charge in [0.2, 0.25) is 0 Å². The van der Waals surface area contributed by atoms with E-state index in [1.54, 1.807) is 12.1 Å². The van der Waals surface area contributed by atoms with Gasteiger partial charge in [-0.3, -0.25) is 0 Å². The van der Waals surface area contributed by atoms with Gasteiger partial charge in [0.25, 0.3) is 0 Å². The van der Waals surface area contributed by atoms with E-state index >= 15 is 0 Å². The average molecular weight is 330 g/mol. The third-order valence-corrected chi connectivity index (χ3v) is 3.31. The van der Waals surface area contributed by atoms with Crippen LogP contribution in [0.1, 0.15) is 13.8 Å². The third-order valence-electron chi connectivity index (χ3n) is 2.80. The van der Waals surface area contributed by atoms with Crippen LogP contribution in [-0.2, 0) is 9.47 Å². The Bertz CT molecular complexity index is 595. The summed E-state index contributed by atoms with van der Waals surface area (Å²) in [6, 6.07) is 7.24. The summed E-state index contributed by atoms with van der Waals surface area (Å²) in [5.74, 6) is 0.487. The minimum Gasteiger partial charge on any atom is -0.484 e. The molecule has 2 aromatic rings. The van der Waals surface area contributed by atoms with E-state index in [-0.39, 0.29) is 6.61 Å². The topological polar surface area (TPSA) is 40.6 Å². The summed E-state index contributed by atoms with van der Waals surface area (Å²) < 4.78 is 16.7. The van der Waals surface area contributed by atoms with E-state index in [4.69, 9.17) is 37.4 Å². The van der Waals surface area contributed by atoms with Crippen LogP contribution in [0.3, 0.4) is 0 Å². The number of ether oxygens (including phenoxy) is 3. The summed E-state index contributed by atoms with van der Waals surface area (Å²) in [4.78, 5) is 4.28. The van der Waals surface area contributed by atoms with Crippen molar-refractivity contribution in [1.29, 1.82) is 0 Å². The van der Waals surface area contributed by atoms with Crippen LogP contribution in [0.15, 0.2) is 24.3 Å². The van der Waals surface area contributed by atoms with Crippen molar-refractivity contribution in [2.75, 3.05) is 19.8 Å². The Morgan fingerprint density at radius 1 is 1.05 bits per heavy atom. The number of pyridine rings is 1. The summed E-state index contributed by atoms with van der Waals surface area (Å²) >= 11 is 12.1. The van der Waals surface area contributed by atoms with Crippen molar-refractivity contribution in [1.82, 2.24) is 4.98 Å². The van der Waals surface area contributed by atoms with Gasteiger partial charge in [0.1, 0.15) is 17.3 Å². The maximum Gasteiger partial charge on any atom is 0.191 e. The molecule has 6 heteroatoms. The zero-order valence-corrected chi connectivity index (χ0v) is 13.4. The van der Waals surface area contributed by atoms with Crippen LogP contribution in [0.4, 0.5) is 0 Å². The molecule has 0 atom stereocenters. The summed E-state index contributed by atoms with van der Waals surface area (Å²) in [5.41, 5.74) is 0.627. The number of hydrogen-bond acceptors (Lipinski definition) is 4. The van der Waals surface area contributed by atoms with Crippen LogP contribution < -0.4 is 4.74 Å². The maximum absolute atomic E-state index is 6.20. The van der Waals surface area contributed by atoms with Gasteiger partial charge in [-0.2, -0.15) is 0 Å². The summed E-state index contributed by atoms with van der Waals surface area (Å²) in [6.07, 6.45) is -0.439. The van der Waals surface area contributed by atoms with Gasteiger partial charge in [-0.05, 0) is 32.0 Å². The smallest absolute Gasteiger partial charge is 0.191 e. The molecule has 0 aliphatic heterocycles. The number of hydrogen-bond donors (Lipinski definition) is 0. The van der Waals surface area contributed by atoms with Gasteiger partial charge in [-0.15, -0.1) is 0 Å². The lowest BCUT2D eigenvalue weighted by molar-refractivity contribution is -0.152. The summed E-state index contributed by atoms with van der Waals surface area (Å²) in [5, 5.41) is 1.77. The Balaban J connectivity index is 2.24. The van der Waals surface area contributed by atoms with Crippen molar-refractivity contribution in [3.63, 3.8) is 0 Å². The number of rotatable bonds is 7. The molecule has 0 saturated heterocycles. The second kappa shape index (κ2) is 7.80. The van der Waals surface area contributed by atoms with E-state index in [0.29, 0.717) is 34.7 Å². The molecular formula is C15H17Cl2NO3. The van der Waals surface area contributed by atoms with Crippen molar-refractivity contribution < 1.29 is 14.2 Å². The lowest BCUT2D eigenvalue weighted by atomic mass is 10.2. The Morgan fingerprint density at radius 3 is 2.38 bits per heavy atom. The van der Waals surface area contributed by atoms with Crippen molar-refractivity contribution in [3.05, 3.63) is 34.4 Å². The van der Waals surface area contributed by atoms with Gasteiger partial charge in [-0.25, -0.2) is 4.98 Å². The maximum atomic E-state index is 6.20. The van der Waals surface area contributed by atoms with Crippen LogP contribution in [0.2, 0.25) is 10.2 Å². The third kappa shape index (κ3) is 4.20. The predicted octanol–water partition coefficient (Wildman–Crippen LogP) is 4.32. The highest BCUT2D eigenvalue weighted by atomic mass is 35.5. The molecule has 0 bridgehead atoms. The zero-order valence-electron chi connectivity index (χ0n) is 11.9. The standard InChI is InChI=1S/C15H17Cl2NO3/c1-3-19-13(20-4-2)9-21-15-11(16)7-5-10-6-8-12(17)18-14(10)15/h5-8,13H,3-4,9H2,1-2H3. The first-order valence-corrected chi connectivity index (χ1v) is 7.52. The first-order valence-electron chi connectivity index (χ1n) is 6.76. The van der Waals surface area contributed by atoms with E-state index < -0.39 is 6.29 Å². The van der Waals surface area contributed by atoms with Crippen molar-refractivity contribution in [2.24, 2.45) is 0 Å². The molecule has 21 heavy (non-hydrogen) atoms. The van der Waals surface area contributed by atoms with E-state index in [1.165, 1.54) is 0 Å². The van der Waals surface area contributed by atoms with Crippen molar-refractivity contribution in [3.8, 4) is 5.75 Å². The molecule has 0 radical (unpaired) electrons. The first kappa shape index (κ1) is 16.3. The van der Waals surface area contributed by atoms with Gasteiger partial charge >= 0.3 is 0 Å². The largest absolute Gasteiger partial charge is 0.484 e. The molecule has 0 saturated carbocycles. The Morgan fingerprint density at radius 2 is 1.71 bits per heavy atom. The molecule has 0 spiro atoms. The fraction of sp³-hybridized carbons (Fsp3) is 0.400. The van der Waals surface area contributed by atoms with Crippen LogP contribution in [0, 0.1) is 0 Å². The minimum atomic E-state index is -0.439. The molecule has 2 rings (SSSR count). The van der Waals surface area contributed by atoms with E-state index in [1.807, 2.05) is 26.0 Å². The second-order valence-corrected chi connectivity index (χ2v) is 5.03. The highest BCUT2D eigenvalue weighted by Gasteiger charge is 2.14. The number of fused-ring (bicyclic) bond motifs is 1. The predicted molar refractivity (Wildman–Crippen MR) is 84.3 cm³/mol.